The fourth-order valence-electron chi connectivity index (χ4n) is 1.79. The van der Waals surface area contributed by atoms with E-state index in [1.807, 2.05) is 31.2 Å². The molecule has 3 rings (SSSR count). The van der Waals surface area contributed by atoms with E-state index < -0.39 is 0 Å². The second-order valence-electron chi connectivity index (χ2n) is 4.67. The summed E-state index contributed by atoms with van der Waals surface area (Å²) in [5.74, 6) is 2.09. The van der Waals surface area contributed by atoms with Gasteiger partial charge in [-0.3, -0.25) is 0 Å². The van der Waals surface area contributed by atoms with E-state index in [-0.39, 0.29) is 0 Å². The molecule has 1 aliphatic carbocycles. The quantitative estimate of drug-likeness (QED) is 0.841. The van der Waals surface area contributed by atoms with Gasteiger partial charge >= 0.3 is 0 Å². The van der Waals surface area contributed by atoms with Gasteiger partial charge < -0.3 is 15.4 Å². The van der Waals surface area contributed by atoms with Gasteiger partial charge in [0, 0.05) is 11.7 Å². The molecule has 1 heterocycles. The van der Waals surface area contributed by atoms with Crippen LogP contribution in [0.15, 0.2) is 30.5 Å². The summed E-state index contributed by atoms with van der Waals surface area (Å²) in [7, 11) is 0. The summed E-state index contributed by atoms with van der Waals surface area (Å²) in [6.45, 7) is 2.62. The third kappa shape index (κ3) is 3.34. The first kappa shape index (κ1) is 12.7. The van der Waals surface area contributed by atoms with Gasteiger partial charge in [0.15, 0.2) is 5.82 Å². The largest absolute Gasteiger partial charge is 0.494 e. The molecule has 0 bridgehead atoms. The first-order valence-electron chi connectivity index (χ1n) is 6.79. The van der Waals surface area contributed by atoms with Gasteiger partial charge in [-0.05, 0) is 44.0 Å². The van der Waals surface area contributed by atoms with Crippen LogP contribution < -0.4 is 15.4 Å². The lowest BCUT2D eigenvalue weighted by Crippen LogP contribution is -2.06. The Kier molecular flexibility index (Phi) is 3.62. The Hall–Kier alpha value is -2.37. The van der Waals surface area contributed by atoms with Gasteiger partial charge in [0.25, 0.3) is 0 Å². The predicted octanol–water partition coefficient (Wildman–Crippen LogP) is 2.59. The lowest BCUT2D eigenvalue weighted by molar-refractivity contribution is 0.340. The van der Waals surface area contributed by atoms with E-state index >= 15 is 0 Å². The first-order chi connectivity index (χ1) is 9.83. The Morgan fingerprint density at radius 1 is 1.25 bits per heavy atom. The van der Waals surface area contributed by atoms with E-state index in [0.29, 0.717) is 18.6 Å². The topological polar surface area (TPSA) is 72.0 Å². The van der Waals surface area contributed by atoms with Crippen LogP contribution in [-0.4, -0.2) is 27.8 Å². The summed E-state index contributed by atoms with van der Waals surface area (Å²) in [4.78, 5) is 4.38. The normalized spacial score (nSPS) is 13.8. The Morgan fingerprint density at radius 3 is 2.75 bits per heavy atom. The number of ether oxygens (including phenoxy) is 1. The number of rotatable bonds is 6. The van der Waals surface area contributed by atoms with Gasteiger partial charge in [0.1, 0.15) is 5.75 Å². The molecule has 1 aromatic carbocycles. The predicted molar refractivity (Wildman–Crippen MR) is 77.4 cm³/mol. The summed E-state index contributed by atoms with van der Waals surface area (Å²) in [6.07, 6.45) is 4.04. The van der Waals surface area contributed by atoms with Crippen LogP contribution in [0.25, 0.3) is 0 Å². The Bertz CT molecular complexity index is 568. The van der Waals surface area contributed by atoms with Crippen LogP contribution in [0, 0.1) is 0 Å². The molecular formula is C14H17N5O. The molecule has 6 nitrogen and oxygen atoms in total. The molecule has 0 unspecified atom stereocenters. The van der Waals surface area contributed by atoms with Gasteiger partial charge in [-0.25, -0.2) is 0 Å². The monoisotopic (exact) mass is 271 g/mol. The van der Waals surface area contributed by atoms with Crippen LogP contribution in [0.2, 0.25) is 0 Å². The van der Waals surface area contributed by atoms with Crippen molar-refractivity contribution in [2.24, 2.45) is 0 Å². The van der Waals surface area contributed by atoms with Crippen LogP contribution >= 0.6 is 0 Å². The minimum Gasteiger partial charge on any atom is -0.494 e. The maximum absolute atomic E-state index is 5.40. The van der Waals surface area contributed by atoms with Crippen LogP contribution in [0.4, 0.5) is 17.5 Å². The maximum Gasteiger partial charge on any atom is 0.249 e. The summed E-state index contributed by atoms with van der Waals surface area (Å²) in [6, 6.07) is 8.21. The summed E-state index contributed by atoms with van der Waals surface area (Å²) in [5.41, 5.74) is 0.902. The third-order valence-corrected chi connectivity index (χ3v) is 2.91. The van der Waals surface area contributed by atoms with E-state index in [1.54, 1.807) is 6.20 Å². The fraction of sp³-hybridized carbons (Fsp3) is 0.357. The summed E-state index contributed by atoms with van der Waals surface area (Å²) in [5, 5.41) is 14.3. The molecule has 0 amide bonds. The fourth-order valence-corrected chi connectivity index (χ4v) is 1.79. The Balaban J connectivity index is 1.66. The number of hydrogen-bond donors (Lipinski definition) is 2. The smallest absolute Gasteiger partial charge is 0.249 e. The molecule has 0 atom stereocenters. The SMILES string of the molecule is CCOc1ccc(Nc2nncc(NC3CC3)n2)cc1. The molecule has 1 saturated carbocycles. The number of hydrogen-bond acceptors (Lipinski definition) is 6. The van der Waals surface area contributed by atoms with Crippen molar-refractivity contribution in [2.45, 2.75) is 25.8 Å². The second-order valence-corrected chi connectivity index (χ2v) is 4.67. The molecule has 0 aliphatic heterocycles. The standard InChI is InChI=1S/C14H17N5O/c1-2-20-12-7-5-11(6-8-12)17-14-18-13(9-15-19-14)16-10-3-4-10/h5-10H,2-4H2,1H3,(H2,16,17,18,19). The molecule has 104 valence electrons. The average Bonchev–Trinajstić information content (AvgIpc) is 3.26. The molecular weight excluding hydrogens is 254 g/mol. The van der Waals surface area contributed by atoms with Gasteiger partial charge in [0.05, 0.1) is 12.8 Å². The highest BCUT2D eigenvalue weighted by Gasteiger charge is 2.21. The van der Waals surface area contributed by atoms with Crippen molar-refractivity contribution in [2.75, 3.05) is 17.2 Å². The molecule has 1 fully saturated rings. The highest BCUT2D eigenvalue weighted by atomic mass is 16.5. The van der Waals surface area contributed by atoms with Gasteiger partial charge in [-0.1, -0.05) is 0 Å². The van der Waals surface area contributed by atoms with Crippen molar-refractivity contribution >= 4 is 17.5 Å². The molecule has 2 aromatic rings. The van der Waals surface area contributed by atoms with Crippen LogP contribution in [0.3, 0.4) is 0 Å². The molecule has 2 N–H and O–H groups in total. The number of anilines is 3. The summed E-state index contributed by atoms with van der Waals surface area (Å²) < 4.78 is 5.40. The van der Waals surface area contributed by atoms with Crippen molar-refractivity contribution in [1.82, 2.24) is 15.2 Å². The van der Waals surface area contributed by atoms with E-state index in [9.17, 15) is 0 Å². The molecule has 0 saturated heterocycles. The zero-order valence-electron chi connectivity index (χ0n) is 11.3. The molecule has 6 heteroatoms. The van der Waals surface area contributed by atoms with Crippen LogP contribution in [0.5, 0.6) is 5.75 Å². The highest BCUT2D eigenvalue weighted by Crippen LogP contribution is 2.24. The molecule has 0 radical (unpaired) electrons. The second kappa shape index (κ2) is 5.73. The summed E-state index contributed by atoms with van der Waals surface area (Å²) >= 11 is 0. The third-order valence-electron chi connectivity index (χ3n) is 2.91. The van der Waals surface area contributed by atoms with Crippen molar-refractivity contribution in [1.29, 1.82) is 0 Å². The van der Waals surface area contributed by atoms with Crippen LogP contribution in [0.1, 0.15) is 19.8 Å². The van der Waals surface area contributed by atoms with Crippen molar-refractivity contribution in [3.63, 3.8) is 0 Å². The average molecular weight is 271 g/mol. The number of aromatic nitrogens is 3. The van der Waals surface area contributed by atoms with Gasteiger partial charge in [-0.15, -0.1) is 5.10 Å². The van der Waals surface area contributed by atoms with Crippen molar-refractivity contribution in [3.05, 3.63) is 30.5 Å². The van der Waals surface area contributed by atoms with E-state index in [1.165, 1.54) is 12.8 Å². The molecule has 0 spiro atoms. The number of benzene rings is 1. The molecule has 1 aromatic heterocycles. The van der Waals surface area contributed by atoms with Gasteiger partial charge in [0.2, 0.25) is 5.95 Å². The maximum atomic E-state index is 5.40. The zero-order valence-corrected chi connectivity index (χ0v) is 11.3. The molecule has 20 heavy (non-hydrogen) atoms. The number of nitrogens with zero attached hydrogens (tertiary/aromatic N) is 3. The van der Waals surface area contributed by atoms with Crippen molar-refractivity contribution in [3.8, 4) is 5.75 Å². The minimum absolute atomic E-state index is 0.486. The lowest BCUT2D eigenvalue weighted by atomic mass is 10.3. The highest BCUT2D eigenvalue weighted by molar-refractivity contribution is 5.55. The molecule has 1 aliphatic rings. The van der Waals surface area contributed by atoms with E-state index in [0.717, 1.165) is 17.3 Å². The van der Waals surface area contributed by atoms with Crippen LogP contribution in [-0.2, 0) is 0 Å². The minimum atomic E-state index is 0.486. The van der Waals surface area contributed by atoms with Gasteiger partial charge in [-0.2, -0.15) is 10.1 Å². The Morgan fingerprint density at radius 2 is 2.05 bits per heavy atom. The lowest BCUT2D eigenvalue weighted by Gasteiger charge is -2.08. The first-order valence-corrected chi connectivity index (χ1v) is 6.79. The Labute approximate surface area is 117 Å². The number of nitrogens with one attached hydrogen (secondary N) is 2. The van der Waals surface area contributed by atoms with Crippen molar-refractivity contribution < 1.29 is 4.74 Å². The van der Waals surface area contributed by atoms with E-state index in [2.05, 4.69) is 25.8 Å². The zero-order chi connectivity index (χ0) is 13.8. The van der Waals surface area contributed by atoms with E-state index in [4.69, 9.17) is 4.74 Å².